The number of fused-ring (bicyclic) bond motifs is 1. The van der Waals surface area contributed by atoms with Crippen molar-refractivity contribution in [2.75, 3.05) is 38.7 Å². The first-order valence-corrected chi connectivity index (χ1v) is 10.6. The van der Waals surface area contributed by atoms with E-state index in [1.807, 2.05) is 37.3 Å². The molecule has 0 radical (unpaired) electrons. The fourth-order valence-corrected chi connectivity index (χ4v) is 4.20. The molecule has 0 aliphatic heterocycles. The Kier molecular flexibility index (Phi) is 6.88. The molecule has 0 saturated carbocycles. The van der Waals surface area contributed by atoms with Gasteiger partial charge in [0.1, 0.15) is 11.3 Å². The van der Waals surface area contributed by atoms with Crippen LogP contribution in [-0.4, -0.2) is 44.7 Å². The Morgan fingerprint density at radius 3 is 2.61 bits per heavy atom. The number of nitrogens with zero attached hydrogens (tertiary/aromatic N) is 2. The van der Waals surface area contributed by atoms with Gasteiger partial charge in [0.2, 0.25) is 0 Å². The van der Waals surface area contributed by atoms with Crippen molar-refractivity contribution in [1.29, 1.82) is 0 Å². The molecule has 0 unspecified atom stereocenters. The minimum Gasteiger partial charge on any atom is -0.494 e. The smallest absolute Gasteiger partial charge is 0.260 e. The number of thiazole rings is 1. The van der Waals surface area contributed by atoms with Crippen LogP contribution in [0.25, 0.3) is 10.2 Å². The van der Waals surface area contributed by atoms with E-state index < -0.39 is 0 Å². The Labute approximate surface area is 174 Å². The van der Waals surface area contributed by atoms with Crippen LogP contribution in [-0.2, 0) is 0 Å². The molecule has 0 aliphatic carbocycles. The molecule has 2 aromatic carbocycles. The number of ether oxygens (including phenoxy) is 1. The van der Waals surface area contributed by atoms with E-state index in [9.17, 15) is 4.79 Å². The molecule has 1 amide bonds. The van der Waals surface area contributed by atoms with Gasteiger partial charge in [-0.05, 0) is 43.3 Å². The molecule has 0 saturated heterocycles. The second-order valence-electron chi connectivity index (χ2n) is 6.81. The molecule has 3 aromatic rings. The summed E-state index contributed by atoms with van der Waals surface area (Å²) in [6, 6.07) is 13.0. The van der Waals surface area contributed by atoms with Gasteiger partial charge >= 0.3 is 0 Å². The summed E-state index contributed by atoms with van der Waals surface area (Å²) in [5, 5.41) is 1.28. The molecule has 0 fully saturated rings. The molecular formula is C21H25ClN3O2S+. The molecule has 0 atom stereocenters. The van der Waals surface area contributed by atoms with Crippen molar-refractivity contribution in [2.24, 2.45) is 0 Å². The van der Waals surface area contributed by atoms with E-state index in [0.29, 0.717) is 28.9 Å². The third-order valence-corrected chi connectivity index (χ3v) is 5.65. The molecule has 0 spiro atoms. The lowest BCUT2D eigenvalue weighted by Crippen LogP contribution is -3.05. The molecule has 7 heteroatoms. The zero-order chi connectivity index (χ0) is 20.1. The van der Waals surface area contributed by atoms with E-state index in [4.69, 9.17) is 16.3 Å². The summed E-state index contributed by atoms with van der Waals surface area (Å²) in [7, 11) is 4.21. The summed E-state index contributed by atoms with van der Waals surface area (Å²) in [4.78, 5) is 21.0. The van der Waals surface area contributed by atoms with Gasteiger partial charge in [0.15, 0.2) is 5.13 Å². The highest BCUT2D eigenvalue weighted by atomic mass is 35.5. The van der Waals surface area contributed by atoms with Crippen LogP contribution in [0.2, 0.25) is 5.02 Å². The molecule has 1 heterocycles. The van der Waals surface area contributed by atoms with Gasteiger partial charge in [-0.1, -0.05) is 29.0 Å². The second-order valence-corrected chi connectivity index (χ2v) is 8.22. The number of carbonyl (C=O) groups is 1. The van der Waals surface area contributed by atoms with E-state index in [1.165, 1.54) is 16.2 Å². The largest absolute Gasteiger partial charge is 0.494 e. The van der Waals surface area contributed by atoms with Crippen molar-refractivity contribution < 1.29 is 14.4 Å². The predicted molar refractivity (Wildman–Crippen MR) is 116 cm³/mol. The van der Waals surface area contributed by atoms with Crippen molar-refractivity contribution >= 4 is 44.2 Å². The van der Waals surface area contributed by atoms with Gasteiger partial charge < -0.3 is 9.64 Å². The maximum Gasteiger partial charge on any atom is 0.260 e. The number of hydrogen-bond donors (Lipinski definition) is 1. The summed E-state index contributed by atoms with van der Waals surface area (Å²) in [6.45, 7) is 4.11. The predicted octanol–water partition coefficient (Wildman–Crippen LogP) is 3.53. The minimum atomic E-state index is -0.0630. The Morgan fingerprint density at radius 2 is 1.96 bits per heavy atom. The fourth-order valence-electron chi connectivity index (χ4n) is 2.91. The number of hydrogen-bond acceptors (Lipinski definition) is 4. The average Bonchev–Trinajstić information content (AvgIpc) is 3.11. The number of halogens is 1. The first kappa shape index (κ1) is 20.6. The molecule has 0 aliphatic rings. The summed E-state index contributed by atoms with van der Waals surface area (Å²) in [5.41, 5.74) is 1.36. The number of aromatic nitrogens is 1. The number of para-hydroxylation sites is 1. The van der Waals surface area contributed by atoms with Crippen LogP contribution in [0, 0.1) is 0 Å². The quantitative estimate of drug-likeness (QED) is 0.608. The molecule has 1 N–H and O–H groups in total. The SMILES string of the molecule is CCOc1ccc(C(=O)N(CCC[NH+](C)C)c2nc3c(Cl)cccc3s2)cc1. The van der Waals surface area contributed by atoms with Crippen LogP contribution < -0.4 is 14.5 Å². The Morgan fingerprint density at radius 1 is 1.21 bits per heavy atom. The van der Waals surface area contributed by atoms with Gasteiger partial charge in [-0.2, -0.15) is 0 Å². The van der Waals surface area contributed by atoms with E-state index in [-0.39, 0.29) is 5.91 Å². The molecule has 0 bridgehead atoms. The number of quaternary nitrogens is 1. The maximum atomic E-state index is 13.3. The first-order valence-electron chi connectivity index (χ1n) is 9.38. The van der Waals surface area contributed by atoms with Gasteiger partial charge in [-0.25, -0.2) is 4.98 Å². The highest BCUT2D eigenvalue weighted by Crippen LogP contribution is 2.33. The molecule has 28 heavy (non-hydrogen) atoms. The lowest BCUT2D eigenvalue weighted by molar-refractivity contribution is -0.858. The van der Waals surface area contributed by atoms with Crippen molar-refractivity contribution in [3.63, 3.8) is 0 Å². The summed E-state index contributed by atoms with van der Waals surface area (Å²) in [5.74, 6) is 0.695. The Balaban J connectivity index is 1.90. The third-order valence-electron chi connectivity index (χ3n) is 4.31. The lowest BCUT2D eigenvalue weighted by atomic mass is 10.2. The Hall–Kier alpha value is -2.15. The number of anilines is 1. The standard InChI is InChI=1S/C21H24ClN3O2S/c1-4-27-16-11-9-15(10-12-16)20(26)25(14-6-13-24(2)3)21-23-19-17(22)7-5-8-18(19)28-21/h5,7-12H,4,6,13-14H2,1-3H3/p+1. The van der Waals surface area contributed by atoms with Crippen LogP contribution in [0.15, 0.2) is 42.5 Å². The normalized spacial score (nSPS) is 11.2. The lowest BCUT2D eigenvalue weighted by Gasteiger charge is -2.20. The van der Waals surface area contributed by atoms with E-state index in [0.717, 1.165) is 28.9 Å². The van der Waals surface area contributed by atoms with Crippen LogP contribution in [0.3, 0.4) is 0 Å². The topological polar surface area (TPSA) is 46.9 Å². The highest BCUT2D eigenvalue weighted by molar-refractivity contribution is 7.22. The van der Waals surface area contributed by atoms with Gasteiger partial charge in [-0.15, -0.1) is 0 Å². The third kappa shape index (κ3) is 4.82. The number of carbonyl (C=O) groups excluding carboxylic acids is 1. The number of rotatable bonds is 8. The van der Waals surface area contributed by atoms with Crippen LogP contribution in [0.4, 0.5) is 5.13 Å². The van der Waals surface area contributed by atoms with Gasteiger partial charge in [0, 0.05) is 18.5 Å². The van der Waals surface area contributed by atoms with Crippen molar-refractivity contribution in [3.8, 4) is 5.75 Å². The number of amides is 1. The summed E-state index contributed by atoms with van der Waals surface area (Å²) < 4.78 is 6.45. The first-order chi connectivity index (χ1) is 13.5. The molecule has 3 rings (SSSR count). The Bertz CT molecular complexity index is 940. The monoisotopic (exact) mass is 418 g/mol. The van der Waals surface area contributed by atoms with E-state index in [1.54, 1.807) is 17.0 Å². The van der Waals surface area contributed by atoms with E-state index in [2.05, 4.69) is 19.1 Å². The van der Waals surface area contributed by atoms with Gasteiger partial charge in [0.05, 0.1) is 37.0 Å². The maximum absolute atomic E-state index is 13.3. The summed E-state index contributed by atoms with van der Waals surface area (Å²) in [6.07, 6.45) is 0.884. The molecule has 1 aromatic heterocycles. The van der Waals surface area contributed by atoms with Crippen LogP contribution in [0.1, 0.15) is 23.7 Å². The zero-order valence-corrected chi connectivity index (χ0v) is 17.9. The van der Waals surface area contributed by atoms with Crippen molar-refractivity contribution in [1.82, 2.24) is 4.98 Å². The zero-order valence-electron chi connectivity index (χ0n) is 16.4. The van der Waals surface area contributed by atoms with Crippen molar-refractivity contribution in [3.05, 3.63) is 53.1 Å². The highest BCUT2D eigenvalue weighted by Gasteiger charge is 2.22. The van der Waals surface area contributed by atoms with Gasteiger partial charge in [-0.3, -0.25) is 9.69 Å². The van der Waals surface area contributed by atoms with E-state index >= 15 is 0 Å². The second kappa shape index (κ2) is 9.37. The number of nitrogens with one attached hydrogen (secondary N) is 1. The minimum absolute atomic E-state index is 0.0630. The van der Waals surface area contributed by atoms with Crippen molar-refractivity contribution in [2.45, 2.75) is 13.3 Å². The van der Waals surface area contributed by atoms with Crippen LogP contribution in [0.5, 0.6) is 5.75 Å². The molecule has 148 valence electrons. The fraction of sp³-hybridized carbons (Fsp3) is 0.333. The summed E-state index contributed by atoms with van der Waals surface area (Å²) >= 11 is 7.78. The average molecular weight is 419 g/mol. The molecule has 5 nitrogen and oxygen atoms in total. The van der Waals surface area contributed by atoms with Gasteiger partial charge in [0.25, 0.3) is 5.91 Å². The molecular weight excluding hydrogens is 394 g/mol. The number of benzene rings is 2. The van der Waals surface area contributed by atoms with Crippen LogP contribution >= 0.6 is 22.9 Å².